The Balaban J connectivity index is 0.00000324. The van der Waals surface area contributed by atoms with Gasteiger partial charge in [0.15, 0.2) is 0 Å². The summed E-state index contributed by atoms with van der Waals surface area (Å²) >= 11 is 0. The van der Waals surface area contributed by atoms with Gasteiger partial charge >= 0.3 is 0 Å². The second kappa shape index (κ2) is 8.94. The standard InChI is InChI=1S/C15H24N2O.ClH/c1-12(2)13(3)15(18)17(10-9-16)11-14-7-5-4-6-8-14;/h4-8,12-13H,9-11,16H2,1-3H3;1H. The lowest BCUT2D eigenvalue weighted by atomic mass is 9.96. The van der Waals surface area contributed by atoms with Gasteiger partial charge in [-0.05, 0) is 11.5 Å². The zero-order chi connectivity index (χ0) is 13.5. The Morgan fingerprint density at radius 3 is 2.26 bits per heavy atom. The molecular formula is C15H25ClN2O. The van der Waals surface area contributed by atoms with Crippen molar-refractivity contribution in [1.29, 1.82) is 0 Å². The van der Waals surface area contributed by atoms with E-state index < -0.39 is 0 Å². The summed E-state index contributed by atoms with van der Waals surface area (Å²) in [5.74, 6) is 0.591. The van der Waals surface area contributed by atoms with Crippen LogP contribution in [-0.4, -0.2) is 23.9 Å². The van der Waals surface area contributed by atoms with Gasteiger partial charge in [0.05, 0.1) is 0 Å². The van der Waals surface area contributed by atoms with Crippen molar-refractivity contribution in [3.8, 4) is 0 Å². The summed E-state index contributed by atoms with van der Waals surface area (Å²) in [6.45, 7) is 7.90. The van der Waals surface area contributed by atoms with Crippen LogP contribution >= 0.6 is 12.4 Å². The Morgan fingerprint density at radius 1 is 1.21 bits per heavy atom. The third-order valence-electron chi connectivity index (χ3n) is 3.32. The molecule has 3 nitrogen and oxygen atoms in total. The molecule has 1 rings (SSSR count). The number of hydrogen-bond acceptors (Lipinski definition) is 2. The second-order valence-corrected chi connectivity index (χ2v) is 5.07. The molecular weight excluding hydrogens is 260 g/mol. The van der Waals surface area contributed by atoms with Crippen molar-refractivity contribution >= 4 is 18.3 Å². The van der Waals surface area contributed by atoms with Gasteiger partial charge in [-0.2, -0.15) is 0 Å². The molecule has 0 saturated heterocycles. The molecule has 0 aliphatic rings. The van der Waals surface area contributed by atoms with Crippen LogP contribution in [0.25, 0.3) is 0 Å². The number of benzene rings is 1. The number of nitrogens with zero attached hydrogens (tertiary/aromatic N) is 1. The summed E-state index contributed by atoms with van der Waals surface area (Å²) < 4.78 is 0. The van der Waals surface area contributed by atoms with Crippen LogP contribution in [0.5, 0.6) is 0 Å². The topological polar surface area (TPSA) is 46.3 Å². The Labute approximate surface area is 122 Å². The molecule has 0 fully saturated rings. The number of halogens is 1. The first-order valence-corrected chi connectivity index (χ1v) is 6.59. The monoisotopic (exact) mass is 284 g/mol. The van der Waals surface area contributed by atoms with Crippen molar-refractivity contribution < 1.29 is 4.79 Å². The Bertz CT molecular complexity index is 368. The van der Waals surface area contributed by atoms with E-state index in [-0.39, 0.29) is 24.2 Å². The molecule has 0 heterocycles. The molecule has 0 aromatic heterocycles. The lowest BCUT2D eigenvalue weighted by molar-refractivity contribution is -0.136. The van der Waals surface area contributed by atoms with Crippen molar-refractivity contribution in [3.05, 3.63) is 35.9 Å². The van der Waals surface area contributed by atoms with Crippen LogP contribution in [0, 0.1) is 11.8 Å². The van der Waals surface area contributed by atoms with Crippen molar-refractivity contribution in [3.63, 3.8) is 0 Å². The molecule has 1 atom stereocenters. The first kappa shape index (κ1) is 17.9. The molecule has 2 N–H and O–H groups in total. The van der Waals surface area contributed by atoms with E-state index >= 15 is 0 Å². The van der Waals surface area contributed by atoms with Gasteiger partial charge in [-0.25, -0.2) is 0 Å². The lowest BCUT2D eigenvalue weighted by Gasteiger charge is -2.27. The van der Waals surface area contributed by atoms with E-state index in [2.05, 4.69) is 13.8 Å². The van der Waals surface area contributed by atoms with Crippen LogP contribution < -0.4 is 5.73 Å². The Hall–Kier alpha value is -1.06. The maximum Gasteiger partial charge on any atom is 0.226 e. The third-order valence-corrected chi connectivity index (χ3v) is 3.32. The SMILES string of the molecule is CC(C)C(C)C(=O)N(CCN)Cc1ccccc1.Cl. The van der Waals surface area contributed by atoms with Gasteiger partial charge in [-0.3, -0.25) is 4.79 Å². The molecule has 0 spiro atoms. The average molecular weight is 285 g/mol. The molecule has 1 unspecified atom stereocenters. The third kappa shape index (κ3) is 5.62. The highest BCUT2D eigenvalue weighted by Gasteiger charge is 2.22. The highest BCUT2D eigenvalue weighted by molar-refractivity contribution is 5.85. The summed E-state index contributed by atoms with van der Waals surface area (Å²) in [6.07, 6.45) is 0. The van der Waals surface area contributed by atoms with E-state index in [1.807, 2.05) is 42.2 Å². The van der Waals surface area contributed by atoms with Crippen molar-refractivity contribution in [2.75, 3.05) is 13.1 Å². The van der Waals surface area contributed by atoms with Gasteiger partial charge in [0.25, 0.3) is 0 Å². The van der Waals surface area contributed by atoms with Crippen molar-refractivity contribution in [1.82, 2.24) is 4.90 Å². The normalized spacial score (nSPS) is 11.8. The Kier molecular flexibility index (Phi) is 8.44. The average Bonchev–Trinajstić information content (AvgIpc) is 2.37. The molecule has 108 valence electrons. The van der Waals surface area contributed by atoms with Gasteiger partial charge in [-0.1, -0.05) is 51.1 Å². The van der Waals surface area contributed by atoms with Crippen molar-refractivity contribution in [2.24, 2.45) is 17.6 Å². The molecule has 1 aromatic rings. The minimum absolute atomic E-state index is 0. The van der Waals surface area contributed by atoms with Crippen LogP contribution in [0.4, 0.5) is 0 Å². The first-order valence-electron chi connectivity index (χ1n) is 6.59. The number of amides is 1. The molecule has 19 heavy (non-hydrogen) atoms. The van der Waals surface area contributed by atoms with Gasteiger partial charge in [-0.15, -0.1) is 12.4 Å². The summed E-state index contributed by atoms with van der Waals surface area (Å²) in [4.78, 5) is 14.2. The molecule has 0 radical (unpaired) electrons. The molecule has 0 saturated carbocycles. The minimum atomic E-state index is 0. The maximum atomic E-state index is 12.3. The molecule has 0 bridgehead atoms. The largest absolute Gasteiger partial charge is 0.337 e. The lowest BCUT2D eigenvalue weighted by Crippen LogP contribution is -2.39. The van der Waals surface area contributed by atoms with Crippen LogP contribution in [-0.2, 0) is 11.3 Å². The van der Waals surface area contributed by atoms with Crippen LogP contribution in [0.1, 0.15) is 26.3 Å². The van der Waals surface area contributed by atoms with Crippen LogP contribution in [0.2, 0.25) is 0 Å². The summed E-state index contributed by atoms with van der Waals surface area (Å²) in [5.41, 5.74) is 6.75. The molecule has 1 aromatic carbocycles. The highest BCUT2D eigenvalue weighted by atomic mass is 35.5. The van der Waals surface area contributed by atoms with Gasteiger partial charge in [0.2, 0.25) is 5.91 Å². The summed E-state index contributed by atoms with van der Waals surface area (Å²) in [7, 11) is 0. The number of carbonyl (C=O) groups excluding carboxylic acids is 1. The zero-order valence-electron chi connectivity index (χ0n) is 12.0. The fraction of sp³-hybridized carbons (Fsp3) is 0.533. The van der Waals surface area contributed by atoms with Crippen LogP contribution in [0.15, 0.2) is 30.3 Å². The van der Waals surface area contributed by atoms with Gasteiger partial charge < -0.3 is 10.6 Å². The molecule has 0 aliphatic carbocycles. The smallest absolute Gasteiger partial charge is 0.226 e. The second-order valence-electron chi connectivity index (χ2n) is 5.07. The highest BCUT2D eigenvalue weighted by Crippen LogP contribution is 2.15. The van der Waals surface area contributed by atoms with Crippen molar-refractivity contribution in [2.45, 2.75) is 27.3 Å². The fourth-order valence-electron chi connectivity index (χ4n) is 1.80. The predicted octanol–water partition coefficient (Wildman–Crippen LogP) is 2.69. The van der Waals surface area contributed by atoms with E-state index in [9.17, 15) is 4.79 Å². The minimum Gasteiger partial charge on any atom is -0.337 e. The summed E-state index contributed by atoms with van der Waals surface area (Å²) in [5, 5.41) is 0. The molecule has 0 aliphatic heterocycles. The van der Waals surface area contributed by atoms with Gasteiger partial charge in [0.1, 0.15) is 0 Å². The quantitative estimate of drug-likeness (QED) is 0.873. The van der Waals surface area contributed by atoms with Gasteiger partial charge in [0, 0.05) is 25.6 Å². The molecule has 4 heteroatoms. The van der Waals surface area contributed by atoms with E-state index in [1.165, 1.54) is 0 Å². The van der Waals surface area contributed by atoms with E-state index in [1.54, 1.807) is 0 Å². The van der Waals surface area contributed by atoms with E-state index in [0.29, 0.717) is 25.6 Å². The fourth-order valence-corrected chi connectivity index (χ4v) is 1.80. The summed E-state index contributed by atoms with van der Waals surface area (Å²) in [6, 6.07) is 10.0. The zero-order valence-corrected chi connectivity index (χ0v) is 12.8. The van der Waals surface area contributed by atoms with E-state index in [4.69, 9.17) is 5.73 Å². The predicted molar refractivity (Wildman–Crippen MR) is 82.2 cm³/mol. The van der Waals surface area contributed by atoms with E-state index in [0.717, 1.165) is 5.56 Å². The number of rotatable bonds is 6. The molecule has 1 amide bonds. The number of nitrogens with two attached hydrogens (primary N) is 1. The van der Waals surface area contributed by atoms with Crippen LogP contribution in [0.3, 0.4) is 0 Å². The maximum absolute atomic E-state index is 12.3. The number of carbonyl (C=O) groups is 1. The Morgan fingerprint density at radius 2 is 1.79 bits per heavy atom. The first-order chi connectivity index (χ1) is 8.56. The number of hydrogen-bond donors (Lipinski definition) is 1.